The fourth-order valence-corrected chi connectivity index (χ4v) is 8.91. The lowest BCUT2D eigenvalue weighted by molar-refractivity contribution is -0.162. The topological polar surface area (TPSA) is 243 Å². The Hall–Kier alpha value is -3.42. The molecule has 280 valence electrons. The van der Waals surface area contributed by atoms with Crippen molar-refractivity contribution in [2.45, 2.75) is 101 Å². The normalized spacial score (nSPS) is 26.4. The molecule has 3 fully saturated rings. The number of carbonyl (C=O) groups is 1. The Bertz CT molecular complexity index is 1900. The molecule has 2 aromatic heterocycles. The Morgan fingerprint density at radius 1 is 1.18 bits per heavy atom. The minimum atomic E-state index is -4.37. The van der Waals surface area contributed by atoms with Crippen LogP contribution in [0.4, 0.5) is 11.8 Å². The lowest BCUT2D eigenvalue weighted by atomic mass is 9.77. The molecular formula is C31H45N8O10PS. The first-order valence-electron chi connectivity index (χ1n) is 16.8. The van der Waals surface area contributed by atoms with Gasteiger partial charge in [-0.1, -0.05) is 24.1 Å². The number of benzene rings is 1. The van der Waals surface area contributed by atoms with E-state index in [1.807, 2.05) is 6.92 Å². The number of nitrogens with zero attached hydrogens (tertiary/aromatic N) is 5. The van der Waals surface area contributed by atoms with E-state index in [0.29, 0.717) is 19.3 Å². The molecule has 0 amide bonds. The Morgan fingerprint density at radius 2 is 1.86 bits per heavy atom. The third kappa shape index (κ3) is 8.00. The minimum Gasteiger partial charge on any atom is -0.461 e. The first-order valence-corrected chi connectivity index (χ1v) is 20.2. The number of hydrogen-bond acceptors (Lipinski definition) is 15. The van der Waals surface area contributed by atoms with E-state index in [4.69, 9.17) is 24.3 Å². The quantitative estimate of drug-likeness (QED) is 0.0955. The van der Waals surface area contributed by atoms with Gasteiger partial charge in [-0.3, -0.25) is 18.9 Å². The lowest BCUT2D eigenvalue weighted by Gasteiger charge is -2.42. The monoisotopic (exact) mass is 752 g/mol. The van der Waals surface area contributed by atoms with Crippen molar-refractivity contribution in [1.29, 1.82) is 0 Å². The van der Waals surface area contributed by atoms with E-state index in [9.17, 15) is 28.0 Å². The van der Waals surface area contributed by atoms with E-state index < -0.39 is 59.9 Å². The number of nitrogens with two attached hydrogens (primary N) is 1. The van der Waals surface area contributed by atoms with Gasteiger partial charge in [0.05, 0.1) is 19.2 Å². The van der Waals surface area contributed by atoms with Crippen molar-refractivity contribution in [3.05, 3.63) is 36.2 Å². The number of aromatic nitrogens is 4. The van der Waals surface area contributed by atoms with Crippen LogP contribution >= 0.6 is 7.75 Å². The van der Waals surface area contributed by atoms with Crippen molar-refractivity contribution >= 4 is 46.7 Å². The first-order chi connectivity index (χ1) is 24.0. The molecule has 18 nitrogen and oxygen atoms in total. The van der Waals surface area contributed by atoms with E-state index in [2.05, 4.69) is 24.9 Å². The van der Waals surface area contributed by atoms with Crippen LogP contribution in [0.25, 0.3) is 11.2 Å². The molecule has 0 radical (unpaired) electrons. The van der Waals surface area contributed by atoms with E-state index >= 15 is 0 Å². The van der Waals surface area contributed by atoms with Crippen molar-refractivity contribution < 1.29 is 46.5 Å². The molecule has 1 saturated heterocycles. The number of anilines is 2. The summed E-state index contributed by atoms with van der Waals surface area (Å²) in [6, 6.07) is 6.79. The highest BCUT2D eigenvalue weighted by Gasteiger charge is 2.56. The van der Waals surface area contributed by atoms with E-state index in [0.717, 1.165) is 48.9 Å². The molecule has 2 aliphatic carbocycles. The van der Waals surface area contributed by atoms with E-state index in [1.54, 1.807) is 24.3 Å². The number of nitrogens with one attached hydrogen (secondary N) is 2. The van der Waals surface area contributed by atoms with Gasteiger partial charge in [-0.25, -0.2) is 18.0 Å². The maximum Gasteiger partial charge on any atom is 0.459 e. The Kier molecular flexibility index (Phi) is 10.4. The number of hydrazine groups is 1. The third-order valence-corrected chi connectivity index (χ3v) is 11.7. The minimum absolute atomic E-state index is 0.0203. The summed E-state index contributed by atoms with van der Waals surface area (Å²) < 4.78 is 63.5. The maximum absolute atomic E-state index is 14.6. The molecule has 0 spiro atoms. The van der Waals surface area contributed by atoms with Crippen LogP contribution in [-0.4, -0.2) is 93.5 Å². The molecule has 1 aromatic carbocycles. The summed E-state index contributed by atoms with van der Waals surface area (Å²) in [6.07, 6.45) is 3.84. The molecular weight excluding hydrogens is 707 g/mol. The summed E-state index contributed by atoms with van der Waals surface area (Å²) in [5.41, 5.74) is 3.80. The molecule has 5 atom stereocenters. The van der Waals surface area contributed by atoms with Crippen LogP contribution < -0.4 is 25.2 Å². The largest absolute Gasteiger partial charge is 0.461 e. The van der Waals surface area contributed by atoms with Crippen LogP contribution in [0.15, 0.2) is 30.6 Å². The smallest absolute Gasteiger partial charge is 0.459 e. The fraction of sp³-hybridized carbons (Fsp3) is 0.613. The van der Waals surface area contributed by atoms with Gasteiger partial charge in [-0.05, 0) is 70.9 Å². The number of esters is 1. The highest BCUT2D eigenvalue weighted by Crippen LogP contribution is 2.52. The highest BCUT2D eigenvalue weighted by atomic mass is 32.2. The van der Waals surface area contributed by atoms with Crippen LogP contribution in [0.1, 0.15) is 70.1 Å². The summed E-state index contributed by atoms with van der Waals surface area (Å²) in [6.45, 7) is 2.69. The van der Waals surface area contributed by atoms with Crippen LogP contribution in [-0.2, 0) is 33.4 Å². The molecule has 0 bridgehead atoms. The SMILES string of the molecule is Cc1ccc(OP(=O)(NC2(C(=O)OC3CCCCC3)CCC2)OCC2OC(n3cnc4c(N(C)NS(C)(=O)=O)nc(N)nc43)[C@](C)(O)[C@@H]2O)cc1. The highest BCUT2D eigenvalue weighted by molar-refractivity contribution is 7.88. The van der Waals surface area contributed by atoms with Gasteiger partial charge in [0.15, 0.2) is 23.2 Å². The van der Waals surface area contributed by atoms with Gasteiger partial charge in [0.2, 0.25) is 16.0 Å². The van der Waals surface area contributed by atoms with Crippen molar-refractivity contribution in [2.24, 2.45) is 0 Å². The maximum atomic E-state index is 14.6. The molecule has 1 aliphatic heterocycles. The average molecular weight is 753 g/mol. The number of imidazole rings is 1. The number of fused-ring (bicyclic) bond motifs is 1. The zero-order valence-electron chi connectivity index (χ0n) is 28.9. The number of ether oxygens (including phenoxy) is 2. The predicted octanol–water partition coefficient (Wildman–Crippen LogP) is 2.22. The number of aliphatic hydroxyl groups excluding tert-OH is 1. The summed E-state index contributed by atoms with van der Waals surface area (Å²) in [7, 11) is -6.67. The zero-order chi connectivity index (χ0) is 36.8. The third-order valence-electron chi connectivity index (χ3n) is 9.48. The second kappa shape index (κ2) is 14.2. The fourth-order valence-electron chi connectivity index (χ4n) is 6.59. The predicted molar refractivity (Wildman–Crippen MR) is 185 cm³/mol. The average Bonchev–Trinajstić information content (AvgIpc) is 3.55. The summed E-state index contributed by atoms with van der Waals surface area (Å²) >= 11 is 0. The van der Waals surface area contributed by atoms with Gasteiger partial charge >= 0.3 is 13.7 Å². The second-order valence-electron chi connectivity index (χ2n) is 13.8. The molecule has 6 rings (SSSR count). The van der Waals surface area contributed by atoms with Crippen LogP contribution in [0.5, 0.6) is 5.75 Å². The van der Waals surface area contributed by atoms with E-state index in [1.165, 1.54) is 24.9 Å². The van der Waals surface area contributed by atoms with Gasteiger partial charge < -0.3 is 29.9 Å². The summed E-state index contributed by atoms with van der Waals surface area (Å²) in [5, 5.41) is 26.8. The first kappa shape index (κ1) is 37.3. The van der Waals surface area contributed by atoms with Gasteiger partial charge in [0.1, 0.15) is 35.2 Å². The van der Waals surface area contributed by atoms with Crippen molar-refractivity contribution in [1.82, 2.24) is 29.4 Å². The van der Waals surface area contributed by atoms with Crippen LogP contribution in [0.2, 0.25) is 0 Å². The molecule has 2 saturated carbocycles. The zero-order valence-corrected chi connectivity index (χ0v) is 30.6. The van der Waals surface area contributed by atoms with Crippen molar-refractivity contribution in [3.63, 3.8) is 0 Å². The molecule has 3 aromatic rings. The second-order valence-corrected chi connectivity index (χ2v) is 17.1. The summed E-state index contributed by atoms with van der Waals surface area (Å²) in [5.74, 6) is -0.502. The van der Waals surface area contributed by atoms with Gasteiger partial charge in [0.25, 0.3) is 0 Å². The Morgan fingerprint density at radius 3 is 2.49 bits per heavy atom. The van der Waals surface area contributed by atoms with Gasteiger partial charge in [0, 0.05) is 7.05 Å². The number of rotatable bonds is 13. The standard InChI is InChI=1S/C31H45N8O10PS/c1-19-11-13-21(14-12-19)49-50(43,36-31(15-8-16-31)28(41)47-20-9-6-5-7-10-20)46-17-22-24(40)30(2,42)27(48-22)39-18-33-23-25(34-29(32)35-26(23)39)38(3)37-51(4,44)45/h11-14,18,20,22,24,27,37,40,42H,5-10,15-17H2,1-4H3,(H,36,43)(H2,32,34,35)/t22?,24-,27?,30-,50?/m1/s1. The number of sulfonamides is 1. The van der Waals surface area contributed by atoms with Gasteiger partial charge in [-0.2, -0.15) is 15.1 Å². The number of aryl methyl sites for hydroxylation is 1. The van der Waals surface area contributed by atoms with E-state index in [-0.39, 0.29) is 34.8 Å². The molecule has 6 N–H and O–H groups in total. The Labute approximate surface area is 295 Å². The molecule has 3 unspecified atom stereocenters. The van der Waals surface area contributed by atoms with Crippen LogP contribution in [0, 0.1) is 6.92 Å². The summed E-state index contributed by atoms with van der Waals surface area (Å²) in [4.78, 5) is 28.5. The molecule has 20 heteroatoms. The number of carbonyl (C=O) groups excluding carboxylic acids is 1. The lowest BCUT2D eigenvalue weighted by Crippen LogP contribution is -2.57. The van der Waals surface area contributed by atoms with Crippen molar-refractivity contribution in [3.8, 4) is 5.75 Å². The number of hydrogen-bond donors (Lipinski definition) is 5. The molecule has 3 heterocycles. The number of aliphatic hydroxyl groups is 2. The molecule has 3 aliphatic rings. The van der Waals surface area contributed by atoms with Crippen molar-refractivity contribution in [2.75, 3.05) is 30.7 Å². The van der Waals surface area contributed by atoms with Crippen LogP contribution in [0.3, 0.4) is 0 Å². The number of nitrogen functional groups attached to an aromatic ring is 1. The molecule has 51 heavy (non-hydrogen) atoms. The Balaban J connectivity index is 1.24. The van der Waals surface area contributed by atoms with Gasteiger partial charge in [-0.15, -0.1) is 4.83 Å².